The Morgan fingerprint density at radius 2 is 1.80 bits per heavy atom. The highest BCUT2D eigenvalue weighted by atomic mass is 32.2. The Morgan fingerprint density at radius 3 is 2.50 bits per heavy atom. The van der Waals surface area contributed by atoms with Crippen LogP contribution in [0.25, 0.3) is 20.7 Å². The van der Waals surface area contributed by atoms with Crippen LogP contribution < -0.4 is 0 Å². The average molecular weight is 435 g/mol. The van der Waals surface area contributed by atoms with E-state index < -0.39 is 11.2 Å². The number of thioether (sulfide) groups is 1. The Hall–Kier alpha value is -2.70. The Kier molecular flexibility index (Phi) is 6.16. The van der Waals surface area contributed by atoms with Crippen molar-refractivity contribution in [3.8, 4) is 10.4 Å². The number of thiophene rings is 1. The van der Waals surface area contributed by atoms with Crippen molar-refractivity contribution in [1.82, 2.24) is 9.97 Å². The molecule has 0 bridgehead atoms. The van der Waals surface area contributed by atoms with E-state index in [1.165, 1.54) is 17.3 Å². The quantitative estimate of drug-likeness (QED) is 0.279. The van der Waals surface area contributed by atoms with E-state index in [9.17, 15) is 9.90 Å². The summed E-state index contributed by atoms with van der Waals surface area (Å²) >= 11 is 2.94. The molecule has 2 heterocycles. The second-order valence-electron chi connectivity index (χ2n) is 7.24. The fourth-order valence-corrected chi connectivity index (χ4v) is 5.47. The van der Waals surface area contributed by atoms with Gasteiger partial charge in [0.1, 0.15) is 20.9 Å². The number of hydrogen-bond acceptors (Lipinski definition) is 5. The van der Waals surface area contributed by atoms with Crippen molar-refractivity contribution in [2.75, 3.05) is 0 Å². The van der Waals surface area contributed by atoms with Gasteiger partial charge in [-0.2, -0.15) is 0 Å². The SMILES string of the molecule is Cc1ccc(CCC(Sc2nc(C)nc3sc(-c4ccccc4)cc23)C(=O)O)cc1. The molecule has 4 aromatic rings. The lowest BCUT2D eigenvalue weighted by Gasteiger charge is -2.12. The Labute approximate surface area is 184 Å². The van der Waals surface area contributed by atoms with Crippen LogP contribution in [0.5, 0.6) is 0 Å². The zero-order valence-corrected chi connectivity index (χ0v) is 18.5. The second-order valence-corrected chi connectivity index (χ2v) is 9.46. The number of carboxylic acids is 1. The summed E-state index contributed by atoms with van der Waals surface area (Å²) in [6.45, 7) is 3.90. The molecule has 2 aromatic heterocycles. The number of rotatable bonds is 7. The smallest absolute Gasteiger partial charge is 0.317 e. The van der Waals surface area contributed by atoms with Gasteiger partial charge >= 0.3 is 5.97 Å². The fourth-order valence-electron chi connectivity index (χ4n) is 3.25. The van der Waals surface area contributed by atoms with Crippen molar-refractivity contribution < 1.29 is 9.90 Å². The molecule has 0 aliphatic heterocycles. The topological polar surface area (TPSA) is 63.1 Å². The minimum absolute atomic E-state index is 0.545. The maximum Gasteiger partial charge on any atom is 0.317 e. The third-order valence-corrected chi connectivity index (χ3v) is 7.21. The molecular formula is C24H22N2O2S2. The lowest BCUT2D eigenvalue weighted by molar-refractivity contribution is -0.136. The normalized spacial score (nSPS) is 12.2. The van der Waals surface area contributed by atoms with Crippen LogP contribution in [0.1, 0.15) is 23.4 Å². The van der Waals surface area contributed by atoms with E-state index in [4.69, 9.17) is 0 Å². The van der Waals surface area contributed by atoms with Crippen LogP contribution in [0.3, 0.4) is 0 Å². The Bertz CT molecular complexity index is 1170. The van der Waals surface area contributed by atoms with E-state index in [1.54, 1.807) is 11.3 Å². The molecule has 152 valence electrons. The van der Waals surface area contributed by atoms with Gasteiger partial charge in [-0.3, -0.25) is 4.79 Å². The Morgan fingerprint density at radius 1 is 1.07 bits per heavy atom. The first-order valence-electron chi connectivity index (χ1n) is 9.78. The standard InChI is InChI=1S/C24H22N2O2S2/c1-15-8-10-17(11-9-15)12-13-20(24(27)28)29-22-19-14-21(18-6-4-3-5-7-18)30-23(19)26-16(2)25-22/h3-11,14,20H,12-13H2,1-2H3,(H,27,28). The summed E-state index contributed by atoms with van der Waals surface area (Å²) in [7, 11) is 0. The molecule has 0 radical (unpaired) electrons. The monoisotopic (exact) mass is 434 g/mol. The predicted octanol–water partition coefficient (Wildman–Crippen LogP) is 6.15. The molecule has 6 heteroatoms. The van der Waals surface area contributed by atoms with Crippen molar-refractivity contribution in [2.24, 2.45) is 0 Å². The second kappa shape index (κ2) is 8.98. The fraction of sp³-hybridized carbons (Fsp3) is 0.208. The van der Waals surface area contributed by atoms with Crippen LogP contribution in [0.4, 0.5) is 0 Å². The van der Waals surface area contributed by atoms with Crippen molar-refractivity contribution >= 4 is 39.3 Å². The van der Waals surface area contributed by atoms with E-state index in [-0.39, 0.29) is 0 Å². The molecule has 0 amide bonds. The van der Waals surface area contributed by atoms with Gasteiger partial charge in [-0.25, -0.2) is 9.97 Å². The molecule has 4 rings (SSSR count). The summed E-state index contributed by atoms with van der Waals surface area (Å²) in [5, 5.41) is 10.9. The molecule has 1 N–H and O–H groups in total. The minimum Gasteiger partial charge on any atom is -0.480 e. The van der Waals surface area contributed by atoms with E-state index in [0.29, 0.717) is 12.2 Å². The summed E-state index contributed by atoms with van der Waals surface area (Å²) in [4.78, 5) is 23.1. The van der Waals surface area contributed by atoms with Crippen molar-refractivity contribution in [1.29, 1.82) is 0 Å². The molecule has 1 unspecified atom stereocenters. The molecule has 0 aliphatic rings. The van der Waals surface area contributed by atoms with Crippen LogP contribution in [0.2, 0.25) is 0 Å². The highest BCUT2D eigenvalue weighted by molar-refractivity contribution is 8.00. The van der Waals surface area contributed by atoms with Crippen molar-refractivity contribution in [3.05, 3.63) is 77.6 Å². The van der Waals surface area contributed by atoms with Crippen molar-refractivity contribution in [3.63, 3.8) is 0 Å². The van der Waals surface area contributed by atoms with Gasteiger partial charge < -0.3 is 5.11 Å². The van der Waals surface area contributed by atoms with Crippen LogP contribution in [-0.2, 0) is 11.2 Å². The number of nitrogens with zero attached hydrogens (tertiary/aromatic N) is 2. The number of fused-ring (bicyclic) bond motifs is 1. The van der Waals surface area contributed by atoms with Gasteiger partial charge in [0.05, 0.1) is 0 Å². The molecule has 0 aliphatic carbocycles. The van der Waals surface area contributed by atoms with Gasteiger partial charge in [-0.05, 0) is 43.9 Å². The highest BCUT2D eigenvalue weighted by Crippen LogP contribution is 2.38. The van der Waals surface area contributed by atoms with E-state index in [2.05, 4.69) is 52.4 Å². The van der Waals surface area contributed by atoms with Gasteiger partial charge in [-0.1, -0.05) is 71.9 Å². The third-order valence-electron chi connectivity index (χ3n) is 4.87. The highest BCUT2D eigenvalue weighted by Gasteiger charge is 2.22. The number of carbonyl (C=O) groups is 1. The van der Waals surface area contributed by atoms with Gasteiger partial charge in [0.15, 0.2) is 0 Å². The number of aromatic nitrogens is 2. The maximum absolute atomic E-state index is 12.0. The van der Waals surface area contributed by atoms with Crippen LogP contribution in [0, 0.1) is 13.8 Å². The molecule has 0 saturated carbocycles. The lowest BCUT2D eigenvalue weighted by Crippen LogP contribution is -2.17. The summed E-state index contributed by atoms with van der Waals surface area (Å²) in [5.74, 6) is -0.149. The van der Waals surface area contributed by atoms with E-state index in [1.807, 2.05) is 32.0 Å². The summed E-state index contributed by atoms with van der Waals surface area (Å²) < 4.78 is 0. The first-order valence-corrected chi connectivity index (χ1v) is 11.5. The van der Waals surface area contributed by atoms with E-state index in [0.717, 1.165) is 37.7 Å². The summed E-state index contributed by atoms with van der Waals surface area (Å²) in [6.07, 6.45) is 1.26. The Balaban J connectivity index is 1.60. The van der Waals surface area contributed by atoms with Crippen LogP contribution >= 0.6 is 23.1 Å². The third kappa shape index (κ3) is 4.71. The number of aliphatic carboxylic acids is 1. The van der Waals surface area contributed by atoms with Gasteiger partial charge in [0.25, 0.3) is 0 Å². The lowest BCUT2D eigenvalue weighted by atomic mass is 10.1. The van der Waals surface area contributed by atoms with Crippen LogP contribution in [0.15, 0.2) is 65.7 Å². The molecule has 1 atom stereocenters. The molecular weight excluding hydrogens is 412 g/mol. The molecule has 0 saturated heterocycles. The first-order chi connectivity index (χ1) is 14.5. The molecule has 4 nitrogen and oxygen atoms in total. The average Bonchev–Trinajstić information content (AvgIpc) is 3.16. The first kappa shape index (κ1) is 20.6. The summed E-state index contributed by atoms with van der Waals surface area (Å²) in [5.41, 5.74) is 3.48. The molecule has 0 fully saturated rings. The molecule has 0 spiro atoms. The van der Waals surface area contributed by atoms with Gasteiger partial charge in [0, 0.05) is 10.3 Å². The minimum atomic E-state index is -0.810. The van der Waals surface area contributed by atoms with E-state index >= 15 is 0 Å². The zero-order chi connectivity index (χ0) is 21.1. The predicted molar refractivity (Wildman–Crippen MR) is 124 cm³/mol. The van der Waals surface area contributed by atoms with Gasteiger partial charge in [-0.15, -0.1) is 11.3 Å². The van der Waals surface area contributed by atoms with Crippen LogP contribution in [-0.4, -0.2) is 26.3 Å². The number of carboxylic acid groups (broad SMARTS) is 1. The van der Waals surface area contributed by atoms with Gasteiger partial charge in [0.2, 0.25) is 0 Å². The number of hydrogen-bond donors (Lipinski definition) is 1. The van der Waals surface area contributed by atoms with Crippen molar-refractivity contribution in [2.45, 2.75) is 37.0 Å². The number of benzene rings is 2. The molecule has 30 heavy (non-hydrogen) atoms. The largest absolute Gasteiger partial charge is 0.480 e. The maximum atomic E-state index is 12.0. The molecule has 2 aromatic carbocycles. The zero-order valence-electron chi connectivity index (χ0n) is 16.8. The summed E-state index contributed by atoms with van der Waals surface area (Å²) in [6, 6.07) is 20.5. The number of aryl methyl sites for hydroxylation is 3.